The summed E-state index contributed by atoms with van der Waals surface area (Å²) in [6, 6.07) is 10.2. The van der Waals surface area contributed by atoms with E-state index in [0.717, 1.165) is 13.1 Å². The first-order valence-corrected chi connectivity index (χ1v) is 4.11. The molecule has 60 valence electrons. The van der Waals surface area contributed by atoms with Gasteiger partial charge in [0.2, 0.25) is 0 Å². The molecule has 0 saturated carbocycles. The maximum Gasteiger partial charge on any atom is 0.0389 e. The van der Waals surface area contributed by atoms with Crippen LogP contribution in [0.2, 0.25) is 0 Å². The van der Waals surface area contributed by atoms with Gasteiger partial charge in [-0.1, -0.05) is 37.3 Å². The van der Waals surface area contributed by atoms with Crippen molar-refractivity contribution in [1.29, 1.82) is 0 Å². The molecule has 0 heterocycles. The highest BCUT2D eigenvalue weighted by atomic mass is 35.5. The number of nitrogens with zero attached hydrogens (tertiary/aromatic N) is 1. The Morgan fingerprint density at radius 3 is 2.45 bits per heavy atom. The third-order valence-corrected chi connectivity index (χ3v) is 1.90. The lowest BCUT2D eigenvalue weighted by atomic mass is 10.2. The van der Waals surface area contributed by atoms with Crippen molar-refractivity contribution in [2.24, 2.45) is 0 Å². The Morgan fingerprint density at radius 2 is 1.91 bits per heavy atom. The van der Waals surface area contributed by atoms with Gasteiger partial charge in [0, 0.05) is 13.1 Å². The highest BCUT2D eigenvalue weighted by Gasteiger charge is 1.96. The van der Waals surface area contributed by atoms with Gasteiger partial charge in [-0.15, -0.1) is 0 Å². The van der Waals surface area contributed by atoms with E-state index in [1.165, 1.54) is 5.56 Å². The van der Waals surface area contributed by atoms with Crippen molar-refractivity contribution in [2.75, 3.05) is 6.54 Å². The smallest absolute Gasteiger partial charge is 0.0389 e. The fourth-order valence-corrected chi connectivity index (χ4v) is 1.03. The zero-order valence-corrected chi connectivity index (χ0v) is 7.38. The fraction of sp³-hybridized carbons (Fsp3) is 0.333. The van der Waals surface area contributed by atoms with E-state index >= 15 is 0 Å². The highest BCUT2D eigenvalue weighted by Crippen LogP contribution is 2.05. The number of halogens is 1. The topological polar surface area (TPSA) is 3.24 Å². The van der Waals surface area contributed by atoms with Gasteiger partial charge >= 0.3 is 0 Å². The minimum atomic E-state index is 0.818. The van der Waals surface area contributed by atoms with Crippen molar-refractivity contribution in [3.05, 3.63) is 35.9 Å². The average molecular weight is 170 g/mol. The molecular weight excluding hydrogens is 158 g/mol. The van der Waals surface area contributed by atoms with Crippen LogP contribution in [0.15, 0.2) is 30.3 Å². The maximum atomic E-state index is 5.83. The van der Waals surface area contributed by atoms with E-state index in [0.29, 0.717) is 0 Å². The lowest BCUT2D eigenvalue weighted by molar-refractivity contribution is 0.475. The summed E-state index contributed by atoms with van der Waals surface area (Å²) in [7, 11) is 0. The predicted molar refractivity (Wildman–Crippen MR) is 48.4 cm³/mol. The molecule has 0 aliphatic carbocycles. The third-order valence-electron chi connectivity index (χ3n) is 1.54. The van der Waals surface area contributed by atoms with Crippen molar-refractivity contribution in [3.8, 4) is 0 Å². The van der Waals surface area contributed by atoms with Gasteiger partial charge in [-0.05, 0) is 17.3 Å². The molecule has 0 aliphatic heterocycles. The molecule has 11 heavy (non-hydrogen) atoms. The van der Waals surface area contributed by atoms with E-state index in [4.69, 9.17) is 11.8 Å². The van der Waals surface area contributed by atoms with Gasteiger partial charge in [0.05, 0.1) is 0 Å². The summed E-state index contributed by atoms with van der Waals surface area (Å²) in [5.74, 6) is 0. The Morgan fingerprint density at radius 1 is 1.27 bits per heavy atom. The summed E-state index contributed by atoms with van der Waals surface area (Å²) in [5, 5.41) is 0. The van der Waals surface area contributed by atoms with Crippen LogP contribution in [-0.4, -0.2) is 11.0 Å². The Labute approximate surface area is 72.7 Å². The summed E-state index contributed by atoms with van der Waals surface area (Å²) >= 11 is 5.83. The lowest BCUT2D eigenvalue weighted by Gasteiger charge is -2.09. The van der Waals surface area contributed by atoms with E-state index in [1.54, 1.807) is 4.42 Å². The predicted octanol–water partition coefficient (Wildman–Crippen LogP) is 2.66. The Balaban J connectivity index is 2.51. The zero-order valence-electron chi connectivity index (χ0n) is 6.63. The third kappa shape index (κ3) is 2.91. The normalized spacial score (nSPS) is 10.5. The molecule has 0 saturated heterocycles. The van der Waals surface area contributed by atoms with Gasteiger partial charge in [-0.2, -0.15) is 0 Å². The van der Waals surface area contributed by atoms with Crippen molar-refractivity contribution < 1.29 is 0 Å². The van der Waals surface area contributed by atoms with Gasteiger partial charge < -0.3 is 0 Å². The summed E-state index contributed by atoms with van der Waals surface area (Å²) in [6.45, 7) is 3.73. The summed E-state index contributed by atoms with van der Waals surface area (Å²) < 4.78 is 1.76. The van der Waals surface area contributed by atoms with E-state index in [2.05, 4.69) is 12.1 Å². The van der Waals surface area contributed by atoms with Gasteiger partial charge in [0.1, 0.15) is 0 Å². The molecule has 0 spiro atoms. The van der Waals surface area contributed by atoms with Crippen LogP contribution in [0.3, 0.4) is 0 Å². The van der Waals surface area contributed by atoms with Crippen molar-refractivity contribution >= 4 is 11.8 Å². The van der Waals surface area contributed by atoms with E-state index in [9.17, 15) is 0 Å². The molecule has 0 amide bonds. The Bertz CT molecular complexity index is 198. The second-order valence-electron chi connectivity index (χ2n) is 2.42. The van der Waals surface area contributed by atoms with Crippen LogP contribution in [0.25, 0.3) is 0 Å². The van der Waals surface area contributed by atoms with Crippen LogP contribution in [0.4, 0.5) is 0 Å². The Kier molecular flexibility index (Phi) is 3.40. The highest BCUT2D eigenvalue weighted by molar-refractivity contribution is 6.13. The molecular formula is C9H12ClN. The molecule has 1 aromatic carbocycles. The molecule has 1 nitrogen and oxygen atoms in total. The second kappa shape index (κ2) is 4.37. The van der Waals surface area contributed by atoms with E-state index in [-0.39, 0.29) is 0 Å². The molecule has 0 aromatic heterocycles. The monoisotopic (exact) mass is 169 g/mol. The maximum absolute atomic E-state index is 5.83. The first-order valence-electron chi connectivity index (χ1n) is 3.77. The van der Waals surface area contributed by atoms with Crippen LogP contribution in [-0.2, 0) is 6.54 Å². The first kappa shape index (κ1) is 8.57. The van der Waals surface area contributed by atoms with Crippen LogP contribution in [0.5, 0.6) is 0 Å². The van der Waals surface area contributed by atoms with E-state index in [1.807, 2.05) is 25.1 Å². The SMILES string of the molecule is CCN(Cl)Cc1ccccc1. The number of hydrogen-bond acceptors (Lipinski definition) is 1. The largest absolute Gasteiger partial charge is 0.216 e. The number of hydrogen-bond donors (Lipinski definition) is 0. The van der Waals surface area contributed by atoms with Gasteiger partial charge in [0.15, 0.2) is 0 Å². The minimum Gasteiger partial charge on any atom is -0.216 e. The van der Waals surface area contributed by atoms with Crippen LogP contribution >= 0.6 is 11.8 Å². The van der Waals surface area contributed by atoms with Crippen LogP contribution in [0, 0.1) is 0 Å². The molecule has 0 radical (unpaired) electrons. The average Bonchev–Trinajstić information content (AvgIpc) is 2.06. The molecule has 0 atom stereocenters. The lowest BCUT2D eigenvalue weighted by Crippen LogP contribution is -2.09. The van der Waals surface area contributed by atoms with Gasteiger partial charge in [0.25, 0.3) is 0 Å². The zero-order chi connectivity index (χ0) is 8.10. The molecule has 1 rings (SSSR count). The van der Waals surface area contributed by atoms with Gasteiger partial charge in [-0.3, -0.25) is 0 Å². The second-order valence-corrected chi connectivity index (χ2v) is 2.90. The van der Waals surface area contributed by atoms with Crippen LogP contribution < -0.4 is 0 Å². The summed E-state index contributed by atoms with van der Waals surface area (Å²) in [5.41, 5.74) is 1.25. The van der Waals surface area contributed by atoms with Crippen LogP contribution in [0.1, 0.15) is 12.5 Å². The molecule has 1 aromatic rings. The number of benzene rings is 1. The van der Waals surface area contributed by atoms with Crippen molar-refractivity contribution in [3.63, 3.8) is 0 Å². The van der Waals surface area contributed by atoms with Gasteiger partial charge in [-0.25, -0.2) is 4.42 Å². The first-order chi connectivity index (χ1) is 5.33. The molecule has 0 bridgehead atoms. The molecule has 0 unspecified atom stereocenters. The molecule has 0 N–H and O–H groups in total. The van der Waals surface area contributed by atoms with Crippen molar-refractivity contribution in [2.45, 2.75) is 13.5 Å². The van der Waals surface area contributed by atoms with E-state index < -0.39 is 0 Å². The Hall–Kier alpha value is -0.530. The molecule has 0 fully saturated rings. The molecule has 0 aliphatic rings. The number of rotatable bonds is 3. The molecule has 2 heteroatoms. The summed E-state index contributed by atoms with van der Waals surface area (Å²) in [6.07, 6.45) is 0. The summed E-state index contributed by atoms with van der Waals surface area (Å²) in [4.78, 5) is 0. The minimum absolute atomic E-state index is 0.818. The quantitative estimate of drug-likeness (QED) is 0.629. The fourth-order valence-electron chi connectivity index (χ4n) is 0.893. The standard InChI is InChI=1S/C9H12ClN/c1-2-11(10)8-9-6-4-3-5-7-9/h3-7H,2,8H2,1H3. The van der Waals surface area contributed by atoms with Crippen molar-refractivity contribution in [1.82, 2.24) is 4.42 Å².